The van der Waals surface area contributed by atoms with E-state index in [0.717, 1.165) is 37.2 Å². The fourth-order valence-corrected chi connectivity index (χ4v) is 4.03. The lowest BCUT2D eigenvalue weighted by Gasteiger charge is -2.44. The minimum absolute atomic E-state index is 0.257. The lowest BCUT2D eigenvalue weighted by molar-refractivity contribution is 0.0923. The Bertz CT molecular complexity index is 438. The summed E-state index contributed by atoms with van der Waals surface area (Å²) in [6.07, 6.45) is 6.70. The summed E-state index contributed by atoms with van der Waals surface area (Å²) in [5, 5.41) is 8.06. The van der Waals surface area contributed by atoms with E-state index in [1.165, 1.54) is 19.3 Å². The van der Waals surface area contributed by atoms with Crippen LogP contribution in [0.3, 0.4) is 0 Å². The van der Waals surface area contributed by atoms with Gasteiger partial charge in [-0.15, -0.1) is 0 Å². The van der Waals surface area contributed by atoms with E-state index in [1.807, 2.05) is 4.68 Å². The topological polar surface area (TPSA) is 42.7 Å². The number of nitrogens with zero attached hydrogens (tertiary/aromatic N) is 3. The van der Waals surface area contributed by atoms with Gasteiger partial charge in [-0.25, -0.2) is 4.98 Å². The summed E-state index contributed by atoms with van der Waals surface area (Å²) in [6, 6.07) is 0.645. The molecule has 3 unspecified atom stereocenters. The molecule has 3 atom stereocenters. The number of hydrogen-bond acceptors (Lipinski definition) is 3. The number of rotatable bonds is 6. The molecule has 4 nitrogen and oxygen atoms in total. The standard InChI is InChI=1S/C17H32N4/c1-6-18-15-10-13(3)8-9-14(15)17(4,5)11-16-19-12-20-21(16)7-2/h12-15,18H,6-11H2,1-5H3. The number of aromatic nitrogens is 3. The van der Waals surface area contributed by atoms with E-state index in [2.05, 4.69) is 50.0 Å². The van der Waals surface area contributed by atoms with Crippen LogP contribution in [0.1, 0.15) is 59.7 Å². The van der Waals surface area contributed by atoms with E-state index < -0.39 is 0 Å². The second kappa shape index (κ2) is 6.91. The first-order chi connectivity index (χ1) is 9.97. The molecule has 2 rings (SSSR count). The smallest absolute Gasteiger partial charge is 0.138 e. The van der Waals surface area contributed by atoms with E-state index >= 15 is 0 Å². The number of nitrogens with one attached hydrogen (secondary N) is 1. The Morgan fingerprint density at radius 3 is 2.76 bits per heavy atom. The van der Waals surface area contributed by atoms with Crippen LogP contribution in [0.15, 0.2) is 6.33 Å². The zero-order valence-corrected chi connectivity index (χ0v) is 14.4. The highest BCUT2D eigenvalue weighted by Gasteiger charge is 2.39. The molecule has 1 aromatic rings. The molecule has 0 aliphatic heterocycles. The van der Waals surface area contributed by atoms with Gasteiger partial charge in [-0.3, -0.25) is 4.68 Å². The first kappa shape index (κ1) is 16.5. The third-order valence-corrected chi connectivity index (χ3v) is 5.19. The Labute approximate surface area is 129 Å². The Morgan fingerprint density at radius 2 is 2.10 bits per heavy atom. The Morgan fingerprint density at radius 1 is 1.33 bits per heavy atom. The molecular formula is C17H32N4. The van der Waals surface area contributed by atoms with Crippen LogP contribution in [0.5, 0.6) is 0 Å². The molecule has 1 aromatic heterocycles. The van der Waals surface area contributed by atoms with Crippen LogP contribution in [-0.2, 0) is 13.0 Å². The average molecular weight is 292 g/mol. The van der Waals surface area contributed by atoms with Crippen molar-refractivity contribution in [1.82, 2.24) is 20.1 Å². The van der Waals surface area contributed by atoms with Crippen molar-refractivity contribution in [3.8, 4) is 0 Å². The highest BCUT2D eigenvalue weighted by Crippen LogP contribution is 2.42. The van der Waals surface area contributed by atoms with Crippen molar-refractivity contribution >= 4 is 0 Å². The lowest BCUT2D eigenvalue weighted by atomic mass is 9.65. The molecule has 1 aliphatic carbocycles. The van der Waals surface area contributed by atoms with Gasteiger partial charge in [0.2, 0.25) is 0 Å². The SMILES string of the molecule is CCNC1CC(C)CCC1C(C)(C)Cc1ncnn1CC. The monoisotopic (exact) mass is 292 g/mol. The molecule has 0 bridgehead atoms. The van der Waals surface area contributed by atoms with Crippen molar-refractivity contribution in [1.29, 1.82) is 0 Å². The van der Waals surface area contributed by atoms with Crippen molar-refractivity contribution in [3.63, 3.8) is 0 Å². The molecule has 1 aliphatic rings. The van der Waals surface area contributed by atoms with Gasteiger partial charge in [0.1, 0.15) is 12.2 Å². The van der Waals surface area contributed by atoms with Crippen molar-refractivity contribution in [2.45, 2.75) is 72.9 Å². The molecule has 0 amide bonds. The van der Waals surface area contributed by atoms with E-state index in [1.54, 1.807) is 6.33 Å². The van der Waals surface area contributed by atoms with Crippen LogP contribution in [0.25, 0.3) is 0 Å². The van der Waals surface area contributed by atoms with Crippen LogP contribution < -0.4 is 5.32 Å². The Kier molecular flexibility index (Phi) is 5.42. The molecule has 0 aromatic carbocycles. The lowest BCUT2D eigenvalue weighted by Crippen LogP contribution is -2.47. The summed E-state index contributed by atoms with van der Waals surface area (Å²) in [5.41, 5.74) is 0.257. The van der Waals surface area contributed by atoms with Crippen molar-refractivity contribution < 1.29 is 0 Å². The maximum Gasteiger partial charge on any atom is 0.138 e. The summed E-state index contributed by atoms with van der Waals surface area (Å²) in [5.74, 6) is 2.70. The van der Waals surface area contributed by atoms with Crippen molar-refractivity contribution in [2.75, 3.05) is 6.54 Å². The van der Waals surface area contributed by atoms with Gasteiger partial charge in [0.25, 0.3) is 0 Å². The van der Waals surface area contributed by atoms with Gasteiger partial charge < -0.3 is 5.32 Å². The predicted octanol–water partition coefficient (Wildman–Crippen LogP) is 3.28. The molecule has 1 N–H and O–H groups in total. The molecule has 0 saturated heterocycles. The molecule has 1 heterocycles. The summed E-state index contributed by atoms with van der Waals surface area (Å²) in [4.78, 5) is 4.48. The Balaban J connectivity index is 2.12. The average Bonchev–Trinajstić information content (AvgIpc) is 2.85. The second-order valence-electron chi connectivity index (χ2n) is 7.35. The molecule has 120 valence electrons. The van der Waals surface area contributed by atoms with E-state index in [0.29, 0.717) is 6.04 Å². The van der Waals surface area contributed by atoms with Crippen LogP contribution in [-0.4, -0.2) is 27.4 Å². The van der Waals surface area contributed by atoms with Crippen LogP contribution in [0.4, 0.5) is 0 Å². The fraction of sp³-hybridized carbons (Fsp3) is 0.882. The van der Waals surface area contributed by atoms with Gasteiger partial charge in [0.15, 0.2) is 0 Å². The highest BCUT2D eigenvalue weighted by molar-refractivity contribution is 4.98. The van der Waals surface area contributed by atoms with Gasteiger partial charge in [0.05, 0.1) is 0 Å². The van der Waals surface area contributed by atoms with Gasteiger partial charge in [-0.2, -0.15) is 5.10 Å². The summed E-state index contributed by atoms with van der Waals surface area (Å²) in [7, 11) is 0. The quantitative estimate of drug-likeness (QED) is 0.875. The highest BCUT2D eigenvalue weighted by atomic mass is 15.3. The van der Waals surface area contributed by atoms with Gasteiger partial charge in [0, 0.05) is 19.0 Å². The second-order valence-corrected chi connectivity index (χ2v) is 7.35. The van der Waals surface area contributed by atoms with Crippen LogP contribution >= 0.6 is 0 Å². The third kappa shape index (κ3) is 3.85. The molecule has 0 spiro atoms. The van der Waals surface area contributed by atoms with Crippen molar-refractivity contribution in [3.05, 3.63) is 12.2 Å². The maximum absolute atomic E-state index is 4.48. The largest absolute Gasteiger partial charge is 0.314 e. The van der Waals surface area contributed by atoms with E-state index in [-0.39, 0.29) is 5.41 Å². The van der Waals surface area contributed by atoms with Gasteiger partial charge in [-0.1, -0.05) is 34.1 Å². The predicted molar refractivity (Wildman–Crippen MR) is 87.2 cm³/mol. The fourth-order valence-electron chi connectivity index (χ4n) is 4.03. The molecular weight excluding hydrogens is 260 g/mol. The summed E-state index contributed by atoms with van der Waals surface area (Å²) in [6.45, 7) is 13.5. The molecule has 4 heteroatoms. The van der Waals surface area contributed by atoms with Crippen LogP contribution in [0, 0.1) is 17.3 Å². The van der Waals surface area contributed by atoms with Crippen molar-refractivity contribution in [2.24, 2.45) is 17.3 Å². The van der Waals surface area contributed by atoms with E-state index in [9.17, 15) is 0 Å². The van der Waals surface area contributed by atoms with E-state index in [4.69, 9.17) is 0 Å². The van der Waals surface area contributed by atoms with Gasteiger partial charge >= 0.3 is 0 Å². The number of aryl methyl sites for hydroxylation is 1. The minimum atomic E-state index is 0.257. The minimum Gasteiger partial charge on any atom is -0.314 e. The summed E-state index contributed by atoms with van der Waals surface area (Å²) >= 11 is 0. The maximum atomic E-state index is 4.48. The zero-order chi connectivity index (χ0) is 15.5. The summed E-state index contributed by atoms with van der Waals surface area (Å²) < 4.78 is 2.04. The van der Waals surface area contributed by atoms with Crippen LogP contribution in [0.2, 0.25) is 0 Å². The first-order valence-corrected chi connectivity index (χ1v) is 8.58. The molecule has 1 saturated carbocycles. The Hall–Kier alpha value is -0.900. The van der Waals surface area contributed by atoms with Gasteiger partial charge in [-0.05, 0) is 43.6 Å². The number of hydrogen-bond donors (Lipinski definition) is 1. The molecule has 0 radical (unpaired) electrons. The third-order valence-electron chi connectivity index (χ3n) is 5.19. The molecule has 21 heavy (non-hydrogen) atoms. The molecule has 1 fully saturated rings. The first-order valence-electron chi connectivity index (χ1n) is 8.58. The zero-order valence-electron chi connectivity index (χ0n) is 14.4. The normalized spacial score (nSPS) is 27.0.